The second kappa shape index (κ2) is 9.69. The number of benzene rings is 2. The Morgan fingerprint density at radius 1 is 1.12 bits per heavy atom. The van der Waals surface area contributed by atoms with Crippen molar-refractivity contribution in [2.45, 2.75) is 20.0 Å². The molecule has 25 heavy (non-hydrogen) atoms. The summed E-state index contributed by atoms with van der Waals surface area (Å²) in [4.78, 5) is 16.3. The van der Waals surface area contributed by atoms with Crippen LogP contribution in [0.2, 0.25) is 5.02 Å². The first kappa shape index (κ1) is 18.8. The Kier molecular flexibility index (Phi) is 7.29. The predicted octanol–water partition coefficient (Wildman–Crippen LogP) is 2.95. The van der Waals surface area contributed by atoms with Gasteiger partial charge in [0.15, 0.2) is 5.96 Å². The molecule has 0 aromatic heterocycles. The summed E-state index contributed by atoms with van der Waals surface area (Å²) in [6, 6.07) is 15.2. The Balaban J connectivity index is 2.04. The van der Waals surface area contributed by atoms with Crippen LogP contribution < -0.4 is 16.0 Å². The highest BCUT2D eigenvalue weighted by molar-refractivity contribution is 6.31. The second-order valence-corrected chi connectivity index (χ2v) is 5.83. The van der Waals surface area contributed by atoms with Gasteiger partial charge in [-0.2, -0.15) is 0 Å². The SMILES string of the molecule is CCNC(=NCc1cccc(C(=O)NC)c1)NCc1ccccc1Cl. The van der Waals surface area contributed by atoms with Crippen molar-refractivity contribution in [2.24, 2.45) is 4.99 Å². The minimum absolute atomic E-state index is 0.102. The van der Waals surface area contributed by atoms with E-state index in [0.717, 1.165) is 22.7 Å². The number of rotatable bonds is 6. The molecule has 0 unspecified atom stereocenters. The van der Waals surface area contributed by atoms with E-state index in [9.17, 15) is 4.79 Å². The molecule has 0 atom stereocenters. The molecule has 2 aromatic carbocycles. The van der Waals surface area contributed by atoms with Gasteiger partial charge in [-0.15, -0.1) is 0 Å². The van der Waals surface area contributed by atoms with Crippen molar-refractivity contribution in [3.8, 4) is 0 Å². The maximum Gasteiger partial charge on any atom is 0.251 e. The summed E-state index contributed by atoms with van der Waals surface area (Å²) in [5, 5.41) is 9.83. The number of amides is 1. The highest BCUT2D eigenvalue weighted by Crippen LogP contribution is 2.14. The fourth-order valence-electron chi connectivity index (χ4n) is 2.29. The summed E-state index contributed by atoms with van der Waals surface area (Å²) >= 11 is 6.18. The van der Waals surface area contributed by atoms with Gasteiger partial charge >= 0.3 is 0 Å². The molecule has 0 spiro atoms. The molecule has 0 bridgehead atoms. The lowest BCUT2D eigenvalue weighted by Gasteiger charge is -2.12. The predicted molar refractivity (Wildman–Crippen MR) is 103 cm³/mol. The molecular formula is C19H23ClN4O. The van der Waals surface area contributed by atoms with Crippen LogP contribution in [-0.2, 0) is 13.1 Å². The van der Waals surface area contributed by atoms with E-state index in [1.807, 2.05) is 49.4 Å². The van der Waals surface area contributed by atoms with E-state index >= 15 is 0 Å². The molecule has 5 nitrogen and oxygen atoms in total. The Morgan fingerprint density at radius 3 is 2.64 bits per heavy atom. The van der Waals surface area contributed by atoms with Gasteiger partial charge in [0.25, 0.3) is 5.91 Å². The minimum atomic E-state index is -0.102. The largest absolute Gasteiger partial charge is 0.357 e. The van der Waals surface area contributed by atoms with E-state index in [4.69, 9.17) is 11.6 Å². The van der Waals surface area contributed by atoms with E-state index in [2.05, 4.69) is 20.9 Å². The average molecular weight is 359 g/mol. The third kappa shape index (κ3) is 5.80. The van der Waals surface area contributed by atoms with Crippen LogP contribution in [0.5, 0.6) is 0 Å². The molecule has 0 saturated carbocycles. The third-order valence-electron chi connectivity index (χ3n) is 3.58. The number of hydrogen-bond acceptors (Lipinski definition) is 2. The summed E-state index contributed by atoms with van der Waals surface area (Å²) < 4.78 is 0. The van der Waals surface area contributed by atoms with Crippen molar-refractivity contribution in [1.82, 2.24) is 16.0 Å². The van der Waals surface area contributed by atoms with Crippen molar-refractivity contribution in [3.63, 3.8) is 0 Å². The van der Waals surface area contributed by atoms with Gasteiger partial charge in [-0.25, -0.2) is 4.99 Å². The third-order valence-corrected chi connectivity index (χ3v) is 3.95. The molecule has 2 rings (SSSR count). The molecule has 1 amide bonds. The van der Waals surface area contributed by atoms with Crippen LogP contribution in [0.1, 0.15) is 28.4 Å². The first-order chi connectivity index (χ1) is 12.1. The van der Waals surface area contributed by atoms with Gasteiger partial charge in [0.05, 0.1) is 6.54 Å². The van der Waals surface area contributed by atoms with Crippen molar-refractivity contribution in [3.05, 3.63) is 70.2 Å². The lowest BCUT2D eigenvalue weighted by Crippen LogP contribution is -2.36. The zero-order valence-electron chi connectivity index (χ0n) is 14.5. The zero-order valence-corrected chi connectivity index (χ0v) is 15.2. The fraction of sp³-hybridized carbons (Fsp3) is 0.263. The molecule has 0 aliphatic heterocycles. The van der Waals surface area contributed by atoms with Crippen LogP contribution in [0.3, 0.4) is 0 Å². The number of aliphatic imine (C=N–C) groups is 1. The van der Waals surface area contributed by atoms with Gasteiger partial charge in [0, 0.05) is 30.7 Å². The first-order valence-corrected chi connectivity index (χ1v) is 8.58. The molecule has 0 saturated heterocycles. The fourth-order valence-corrected chi connectivity index (χ4v) is 2.49. The topological polar surface area (TPSA) is 65.5 Å². The van der Waals surface area contributed by atoms with Crippen molar-refractivity contribution >= 4 is 23.5 Å². The second-order valence-electron chi connectivity index (χ2n) is 5.42. The standard InChI is InChI=1S/C19H23ClN4O/c1-3-22-19(24-13-16-8-4-5-10-17(16)20)23-12-14-7-6-9-15(11-14)18(25)21-2/h4-11H,3,12-13H2,1-2H3,(H,21,25)(H2,22,23,24). The van der Waals surface area contributed by atoms with Gasteiger partial charge in [0.2, 0.25) is 0 Å². The smallest absolute Gasteiger partial charge is 0.251 e. The quantitative estimate of drug-likeness (QED) is 0.549. The minimum Gasteiger partial charge on any atom is -0.357 e. The maximum atomic E-state index is 11.7. The average Bonchev–Trinajstić information content (AvgIpc) is 2.64. The van der Waals surface area contributed by atoms with Crippen molar-refractivity contribution in [1.29, 1.82) is 0 Å². The van der Waals surface area contributed by atoms with E-state index in [-0.39, 0.29) is 5.91 Å². The lowest BCUT2D eigenvalue weighted by molar-refractivity contribution is 0.0963. The summed E-state index contributed by atoms with van der Waals surface area (Å²) in [7, 11) is 1.62. The number of halogens is 1. The lowest BCUT2D eigenvalue weighted by atomic mass is 10.1. The molecule has 0 fully saturated rings. The first-order valence-electron chi connectivity index (χ1n) is 8.20. The van der Waals surface area contributed by atoms with E-state index in [1.165, 1.54) is 0 Å². The Morgan fingerprint density at radius 2 is 1.92 bits per heavy atom. The molecule has 3 N–H and O–H groups in total. The number of carbonyl (C=O) groups excluding carboxylic acids is 1. The normalized spacial score (nSPS) is 11.1. The Hall–Kier alpha value is -2.53. The maximum absolute atomic E-state index is 11.7. The molecule has 6 heteroatoms. The summed E-state index contributed by atoms with van der Waals surface area (Å²) in [6.45, 7) is 3.83. The number of carbonyl (C=O) groups is 1. The van der Waals surface area contributed by atoms with Crippen LogP contribution in [-0.4, -0.2) is 25.5 Å². The van der Waals surface area contributed by atoms with E-state index in [0.29, 0.717) is 24.6 Å². The van der Waals surface area contributed by atoms with E-state index < -0.39 is 0 Å². The van der Waals surface area contributed by atoms with Gasteiger partial charge in [-0.1, -0.05) is 41.9 Å². The summed E-state index contributed by atoms with van der Waals surface area (Å²) in [6.07, 6.45) is 0. The summed E-state index contributed by atoms with van der Waals surface area (Å²) in [5.74, 6) is 0.599. The monoisotopic (exact) mass is 358 g/mol. The van der Waals surface area contributed by atoms with Gasteiger partial charge < -0.3 is 16.0 Å². The highest BCUT2D eigenvalue weighted by atomic mass is 35.5. The number of guanidine groups is 1. The van der Waals surface area contributed by atoms with Crippen molar-refractivity contribution < 1.29 is 4.79 Å². The molecule has 0 aliphatic carbocycles. The molecule has 0 heterocycles. The molecule has 0 radical (unpaired) electrons. The number of hydrogen-bond donors (Lipinski definition) is 3. The molecule has 2 aromatic rings. The number of nitrogens with zero attached hydrogens (tertiary/aromatic N) is 1. The van der Waals surface area contributed by atoms with Crippen LogP contribution in [0.4, 0.5) is 0 Å². The Labute approximate surface area is 153 Å². The Bertz CT molecular complexity index is 746. The molecular weight excluding hydrogens is 336 g/mol. The zero-order chi connectivity index (χ0) is 18.1. The van der Waals surface area contributed by atoms with Crippen molar-refractivity contribution in [2.75, 3.05) is 13.6 Å². The van der Waals surface area contributed by atoms with Crippen LogP contribution in [0, 0.1) is 0 Å². The molecule has 0 aliphatic rings. The number of nitrogens with one attached hydrogen (secondary N) is 3. The van der Waals surface area contributed by atoms with Crippen LogP contribution in [0.15, 0.2) is 53.5 Å². The summed E-state index contributed by atoms with van der Waals surface area (Å²) in [5.41, 5.74) is 2.61. The molecule has 132 valence electrons. The van der Waals surface area contributed by atoms with Gasteiger partial charge in [-0.3, -0.25) is 4.79 Å². The van der Waals surface area contributed by atoms with Crippen LogP contribution in [0.25, 0.3) is 0 Å². The van der Waals surface area contributed by atoms with Gasteiger partial charge in [0.1, 0.15) is 0 Å². The van der Waals surface area contributed by atoms with Crippen LogP contribution >= 0.6 is 11.6 Å². The van der Waals surface area contributed by atoms with E-state index in [1.54, 1.807) is 13.1 Å². The highest BCUT2D eigenvalue weighted by Gasteiger charge is 2.04. The van der Waals surface area contributed by atoms with Gasteiger partial charge in [-0.05, 0) is 36.2 Å².